The smallest absolute Gasteiger partial charge is 0.203 e. The summed E-state index contributed by atoms with van der Waals surface area (Å²) in [6, 6.07) is 5.56. The topological polar surface area (TPSA) is 40.2 Å². The largest absolute Gasteiger partial charge is 0.449 e. The van der Waals surface area contributed by atoms with Crippen molar-refractivity contribution in [3.8, 4) is 6.07 Å². The molecular weight excluding hydrogens is 152 g/mol. The molecule has 0 spiro atoms. The molecule has 0 unspecified atom stereocenters. The van der Waals surface area contributed by atoms with Crippen molar-refractivity contribution in [3.05, 3.63) is 23.7 Å². The van der Waals surface area contributed by atoms with E-state index >= 15 is 0 Å². The first-order valence-corrected chi connectivity index (χ1v) is 4.09. The molecule has 0 aliphatic carbocycles. The Morgan fingerprint density at radius 3 is 2.83 bits per heavy atom. The zero-order valence-electron chi connectivity index (χ0n) is 6.79. The summed E-state index contributed by atoms with van der Waals surface area (Å²) in [5.74, 6) is 1.30. The summed E-state index contributed by atoms with van der Waals surface area (Å²) in [4.78, 5) is 2.29. The first-order valence-electron chi connectivity index (χ1n) is 4.09. The second-order valence-electron chi connectivity index (χ2n) is 3.01. The molecule has 62 valence electrons. The number of hydrogen-bond acceptors (Lipinski definition) is 3. The first-order chi connectivity index (χ1) is 5.88. The van der Waals surface area contributed by atoms with E-state index in [-0.39, 0.29) is 0 Å². The Morgan fingerprint density at radius 1 is 1.50 bits per heavy atom. The monoisotopic (exact) mass is 162 g/mol. The Bertz CT molecular complexity index is 307. The van der Waals surface area contributed by atoms with E-state index in [0.717, 1.165) is 25.4 Å². The Kier molecular flexibility index (Phi) is 1.84. The summed E-state index contributed by atoms with van der Waals surface area (Å²) in [5, 5.41) is 8.50. The summed E-state index contributed by atoms with van der Waals surface area (Å²) in [6.07, 6.45) is 1.28. The third-order valence-electron chi connectivity index (χ3n) is 2.10. The van der Waals surface area contributed by atoms with Crippen molar-refractivity contribution in [2.24, 2.45) is 0 Å². The fourth-order valence-corrected chi connectivity index (χ4v) is 1.28. The van der Waals surface area contributed by atoms with Crippen LogP contribution < -0.4 is 0 Å². The van der Waals surface area contributed by atoms with E-state index in [1.54, 1.807) is 6.07 Å². The van der Waals surface area contributed by atoms with Crippen LogP contribution in [0.3, 0.4) is 0 Å². The van der Waals surface area contributed by atoms with Gasteiger partial charge in [-0.25, -0.2) is 0 Å². The normalized spacial score (nSPS) is 16.9. The van der Waals surface area contributed by atoms with Crippen molar-refractivity contribution < 1.29 is 4.42 Å². The van der Waals surface area contributed by atoms with Gasteiger partial charge in [-0.05, 0) is 31.6 Å². The molecular formula is C9H10N2O. The molecule has 0 bridgehead atoms. The highest BCUT2D eigenvalue weighted by Crippen LogP contribution is 2.14. The van der Waals surface area contributed by atoms with Crippen molar-refractivity contribution in [1.82, 2.24) is 4.90 Å². The lowest BCUT2D eigenvalue weighted by Crippen LogP contribution is -2.36. The summed E-state index contributed by atoms with van der Waals surface area (Å²) in [6.45, 7) is 3.16. The van der Waals surface area contributed by atoms with Gasteiger partial charge in [0.25, 0.3) is 0 Å². The summed E-state index contributed by atoms with van der Waals surface area (Å²) < 4.78 is 5.24. The fourth-order valence-electron chi connectivity index (χ4n) is 1.28. The Morgan fingerprint density at radius 2 is 2.33 bits per heavy atom. The van der Waals surface area contributed by atoms with E-state index in [1.807, 2.05) is 12.1 Å². The van der Waals surface area contributed by atoms with Crippen LogP contribution in [-0.4, -0.2) is 18.0 Å². The van der Waals surface area contributed by atoms with Crippen molar-refractivity contribution in [2.45, 2.75) is 13.0 Å². The molecule has 1 aromatic rings. The lowest BCUT2D eigenvalue weighted by molar-refractivity contribution is 0.159. The number of furan rings is 1. The van der Waals surface area contributed by atoms with E-state index in [2.05, 4.69) is 4.90 Å². The van der Waals surface area contributed by atoms with Crippen LogP contribution in [0, 0.1) is 11.3 Å². The predicted molar refractivity (Wildman–Crippen MR) is 43.3 cm³/mol. The Balaban J connectivity index is 1.99. The van der Waals surface area contributed by atoms with Gasteiger partial charge in [-0.1, -0.05) is 0 Å². The molecule has 0 amide bonds. The molecule has 0 atom stereocenters. The van der Waals surface area contributed by atoms with Crippen LogP contribution in [0.2, 0.25) is 0 Å². The predicted octanol–water partition coefficient (Wildman–Crippen LogP) is 1.36. The number of likely N-dealkylation sites (tertiary alicyclic amines) is 1. The second kappa shape index (κ2) is 3.00. The molecule has 0 saturated carbocycles. The molecule has 0 N–H and O–H groups in total. The minimum absolute atomic E-state index is 0.408. The average Bonchev–Trinajstić information content (AvgIpc) is 2.44. The van der Waals surface area contributed by atoms with Gasteiger partial charge in [-0.3, -0.25) is 4.90 Å². The number of rotatable bonds is 2. The minimum atomic E-state index is 0.408. The van der Waals surface area contributed by atoms with Gasteiger partial charge in [0.1, 0.15) is 11.8 Å². The third-order valence-corrected chi connectivity index (χ3v) is 2.10. The van der Waals surface area contributed by atoms with E-state index in [1.165, 1.54) is 6.42 Å². The standard InChI is InChI=1S/C9H10N2O/c10-6-8-2-3-9(12-8)7-11-4-1-5-11/h2-3H,1,4-5,7H2. The second-order valence-corrected chi connectivity index (χ2v) is 3.01. The molecule has 0 radical (unpaired) electrons. The van der Waals surface area contributed by atoms with Crippen LogP contribution in [0.4, 0.5) is 0 Å². The molecule has 1 aliphatic heterocycles. The molecule has 2 heterocycles. The van der Waals surface area contributed by atoms with Crippen LogP contribution in [0.25, 0.3) is 0 Å². The van der Waals surface area contributed by atoms with E-state index < -0.39 is 0 Å². The lowest BCUT2D eigenvalue weighted by atomic mass is 10.2. The highest BCUT2D eigenvalue weighted by Gasteiger charge is 2.15. The van der Waals surface area contributed by atoms with Crippen LogP contribution in [-0.2, 0) is 6.54 Å². The van der Waals surface area contributed by atoms with Gasteiger partial charge < -0.3 is 4.42 Å². The van der Waals surface area contributed by atoms with Gasteiger partial charge in [-0.2, -0.15) is 5.26 Å². The summed E-state index contributed by atoms with van der Waals surface area (Å²) in [7, 11) is 0. The Labute approximate surface area is 71.2 Å². The molecule has 3 nitrogen and oxygen atoms in total. The SMILES string of the molecule is N#Cc1ccc(CN2CCC2)o1. The molecule has 1 saturated heterocycles. The summed E-state index contributed by atoms with van der Waals surface area (Å²) >= 11 is 0. The van der Waals surface area contributed by atoms with E-state index in [4.69, 9.17) is 9.68 Å². The van der Waals surface area contributed by atoms with E-state index in [0.29, 0.717) is 5.76 Å². The average molecular weight is 162 g/mol. The van der Waals surface area contributed by atoms with Gasteiger partial charge in [-0.15, -0.1) is 0 Å². The lowest BCUT2D eigenvalue weighted by Gasteiger charge is -2.29. The number of nitrogens with zero attached hydrogens (tertiary/aromatic N) is 2. The van der Waals surface area contributed by atoms with Gasteiger partial charge in [0.05, 0.1) is 6.54 Å². The van der Waals surface area contributed by atoms with Gasteiger partial charge in [0.2, 0.25) is 5.76 Å². The van der Waals surface area contributed by atoms with Crippen LogP contribution >= 0.6 is 0 Å². The molecule has 1 fully saturated rings. The van der Waals surface area contributed by atoms with Gasteiger partial charge in [0.15, 0.2) is 0 Å². The highest BCUT2D eigenvalue weighted by molar-refractivity contribution is 5.19. The number of nitriles is 1. The maximum atomic E-state index is 8.50. The maximum Gasteiger partial charge on any atom is 0.203 e. The van der Waals surface area contributed by atoms with Crippen molar-refractivity contribution >= 4 is 0 Å². The third kappa shape index (κ3) is 1.34. The van der Waals surface area contributed by atoms with Gasteiger partial charge in [0, 0.05) is 0 Å². The van der Waals surface area contributed by atoms with Crippen molar-refractivity contribution in [3.63, 3.8) is 0 Å². The molecule has 2 rings (SSSR count). The highest BCUT2D eigenvalue weighted by atomic mass is 16.3. The fraction of sp³-hybridized carbons (Fsp3) is 0.444. The van der Waals surface area contributed by atoms with Crippen LogP contribution in [0.15, 0.2) is 16.5 Å². The zero-order chi connectivity index (χ0) is 8.39. The minimum Gasteiger partial charge on any atom is -0.449 e. The quantitative estimate of drug-likeness (QED) is 0.659. The van der Waals surface area contributed by atoms with Crippen molar-refractivity contribution in [1.29, 1.82) is 5.26 Å². The molecule has 1 aliphatic rings. The van der Waals surface area contributed by atoms with Crippen molar-refractivity contribution in [2.75, 3.05) is 13.1 Å². The maximum absolute atomic E-state index is 8.50. The van der Waals surface area contributed by atoms with Crippen LogP contribution in [0.1, 0.15) is 17.9 Å². The van der Waals surface area contributed by atoms with Gasteiger partial charge >= 0.3 is 0 Å². The molecule has 0 aromatic carbocycles. The van der Waals surface area contributed by atoms with Crippen LogP contribution in [0.5, 0.6) is 0 Å². The van der Waals surface area contributed by atoms with E-state index in [9.17, 15) is 0 Å². The zero-order valence-corrected chi connectivity index (χ0v) is 6.79. The summed E-state index contributed by atoms with van der Waals surface area (Å²) in [5.41, 5.74) is 0. The molecule has 12 heavy (non-hydrogen) atoms. The first kappa shape index (κ1) is 7.38. The molecule has 1 aromatic heterocycles. The number of hydrogen-bond donors (Lipinski definition) is 0. The Hall–Kier alpha value is -1.27. The molecule has 3 heteroatoms.